The van der Waals surface area contributed by atoms with Gasteiger partial charge in [-0.3, -0.25) is 0 Å². The van der Waals surface area contributed by atoms with E-state index in [2.05, 4.69) is 27.1 Å². The monoisotopic (exact) mass is 203 g/mol. The minimum absolute atomic E-state index is 0.226. The van der Waals surface area contributed by atoms with E-state index in [4.69, 9.17) is 11.5 Å². The number of anilines is 2. The lowest BCUT2D eigenvalue weighted by Crippen LogP contribution is -2.13. The van der Waals surface area contributed by atoms with Gasteiger partial charge in [0.05, 0.1) is 0 Å². The van der Waals surface area contributed by atoms with Gasteiger partial charge in [-0.1, -0.05) is 12.2 Å². The molecule has 15 heavy (non-hydrogen) atoms. The predicted molar refractivity (Wildman–Crippen MR) is 56.7 cm³/mol. The highest BCUT2D eigenvalue weighted by Gasteiger charge is 2.38. The Labute approximate surface area is 87.6 Å². The Kier molecular flexibility index (Phi) is 1.68. The summed E-state index contributed by atoms with van der Waals surface area (Å²) in [5.74, 6) is 2.85. The van der Waals surface area contributed by atoms with Crippen molar-refractivity contribution in [2.24, 2.45) is 11.8 Å². The fourth-order valence-corrected chi connectivity index (χ4v) is 2.67. The van der Waals surface area contributed by atoms with Gasteiger partial charge in [-0.15, -0.1) is 0 Å². The van der Waals surface area contributed by atoms with Gasteiger partial charge in [0, 0.05) is 5.92 Å². The lowest BCUT2D eigenvalue weighted by atomic mass is 9.93. The molecule has 0 amide bonds. The molecule has 0 spiro atoms. The quantitative estimate of drug-likeness (QED) is 0.656. The van der Waals surface area contributed by atoms with E-state index in [0.29, 0.717) is 17.8 Å². The van der Waals surface area contributed by atoms with E-state index in [1.165, 1.54) is 6.42 Å². The Morgan fingerprint density at radius 1 is 1.00 bits per heavy atom. The zero-order valence-corrected chi connectivity index (χ0v) is 8.30. The maximum Gasteiger partial charge on any atom is 0.225 e. The summed E-state index contributed by atoms with van der Waals surface area (Å²) in [6.45, 7) is 0. The third-order valence-corrected chi connectivity index (χ3v) is 3.30. The summed E-state index contributed by atoms with van der Waals surface area (Å²) in [7, 11) is 0. The van der Waals surface area contributed by atoms with Crippen molar-refractivity contribution in [2.45, 2.75) is 18.8 Å². The van der Waals surface area contributed by atoms with E-state index in [-0.39, 0.29) is 11.9 Å². The lowest BCUT2D eigenvalue weighted by Gasteiger charge is -2.16. The van der Waals surface area contributed by atoms with Gasteiger partial charge in [0.15, 0.2) is 0 Å². The number of nitrogens with two attached hydrogens (primary N) is 2. The van der Waals surface area contributed by atoms with Crippen LogP contribution < -0.4 is 11.5 Å². The van der Waals surface area contributed by atoms with Crippen molar-refractivity contribution in [2.75, 3.05) is 11.5 Å². The zero-order chi connectivity index (χ0) is 10.4. The summed E-state index contributed by atoms with van der Waals surface area (Å²) in [5, 5.41) is 0. The van der Waals surface area contributed by atoms with Gasteiger partial charge in [0.1, 0.15) is 5.82 Å². The summed E-state index contributed by atoms with van der Waals surface area (Å²) in [6.07, 6.45) is 6.88. The van der Waals surface area contributed by atoms with E-state index in [9.17, 15) is 0 Å². The smallest absolute Gasteiger partial charge is 0.225 e. The Hall–Kier alpha value is -1.65. The number of nitrogen functional groups attached to an aromatic ring is 2. The second-order valence-electron chi connectivity index (χ2n) is 4.30. The van der Waals surface area contributed by atoms with E-state index in [1.54, 1.807) is 0 Å². The highest BCUT2D eigenvalue weighted by atomic mass is 15.1. The molecular formula is C10H13N5. The third-order valence-electron chi connectivity index (χ3n) is 3.30. The molecule has 3 atom stereocenters. The zero-order valence-electron chi connectivity index (χ0n) is 8.30. The molecule has 78 valence electrons. The Bertz CT molecular complexity index is 408. The lowest BCUT2D eigenvalue weighted by molar-refractivity contribution is 0.552. The van der Waals surface area contributed by atoms with Crippen molar-refractivity contribution >= 4 is 11.9 Å². The number of allylic oxidation sites excluding steroid dienone is 2. The summed E-state index contributed by atoms with van der Waals surface area (Å²) in [4.78, 5) is 12.1. The topological polar surface area (TPSA) is 90.7 Å². The average molecular weight is 203 g/mol. The van der Waals surface area contributed by atoms with E-state index in [0.717, 1.165) is 12.2 Å². The summed E-state index contributed by atoms with van der Waals surface area (Å²) in [6, 6.07) is 0. The largest absolute Gasteiger partial charge is 0.368 e. The van der Waals surface area contributed by atoms with E-state index < -0.39 is 0 Å². The molecule has 3 rings (SSSR count). The van der Waals surface area contributed by atoms with Crippen LogP contribution in [0.3, 0.4) is 0 Å². The van der Waals surface area contributed by atoms with Crippen molar-refractivity contribution in [1.82, 2.24) is 15.0 Å². The fourth-order valence-electron chi connectivity index (χ4n) is 2.67. The number of rotatable bonds is 1. The maximum atomic E-state index is 5.56. The number of hydrogen-bond acceptors (Lipinski definition) is 5. The van der Waals surface area contributed by atoms with Crippen LogP contribution in [0, 0.1) is 11.8 Å². The maximum absolute atomic E-state index is 5.56. The number of hydrogen-bond donors (Lipinski definition) is 2. The molecule has 1 aromatic rings. The van der Waals surface area contributed by atoms with Crippen molar-refractivity contribution in [3.05, 3.63) is 18.0 Å². The van der Waals surface area contributed by atoms with Crippen LogP contribution in [0.2, 0.25) is 0 Å². The molecule has 2 aliphatic carbocycles. The molecule has 5 nitrogen and oxygen atoms in total. The van der Waals surface area contributed by atoms with Crippen molar-refractivity contribution in [3.63, 3.8) is 0 Å². The number of nitrogens with zero attached hydrogens (tertiary/aromatic N) is 3. The van der Waals surface area contributed by atoms with Gasteiger partial charge in [0.2, 0.25) is 11.9 Å². The first kappa shape index (κ1) is 8.64. The highest BCUT2D eigenvalue weighted by Crippen LogP contribution is 2.47. The molecule has 0 aromatic carbocycles. The Morgan fingerprint density at radius 2 is 1.73 bits per heavy atom. The van der Waals surface area contributed by atoms with E-state index >= 15 is 0 Å². The first-order valence-electron chi connectivity index (χ1n) is 5.17. The molecule has 1 heterocycles. The Balaban J connectivity index is 1.96. The SMILES string of the molecule is Nc1nc(N)nc(C2CC3C=CC2C3)n1. The molecule has 5 heteroatoms. The molecule has 3 unspecified atom stereocenters. The molecule has 0 saturated heterocycles. The van der Waals surface area contributed by atoms with Gasteiger partial charge in [-0.2, -0.15) is 15.0 Å². The fraction of sp³-hybridized carbons (Fsp3) is 0.500. The molecule has 2 bridgehead atoms. The molecule has 1 saturated carbocycles. The molecule has 4 N–H and O–H groups in total. The molecule has 0 radical (unpaired) electrons. The van der Waals surface area contributed by atoms with Crippen LogP contribution in [0.4, 0.5) is 11.9 Å². The molecular weight excluding hydrogens is 190 g/mol. The van der Waals surface area contributed by atoms with Crippen molar-refractivity contribution in [1.29, 1.82) is 0 Å². The van der Waals surface area contributed by atoms with Crippen molar-refractivity contribution in [3.8, 4) is 0 Å². The van der Waals surface area contributed by atoms with Gasteiger partial charge in [-0.05, 0) is 24.7 Å². The van der Waals surface area contributed by atoms with Crippen LogP contribution in [-0.4, -0.2) is 15.0 Å². The van der Waals surface area contributed by atoms with Crippen LogP contribution in [0.5, 0.6) is 0 Å². The standard InChI is InChI=1S/C10H13N5/c11-9-13-8(14-10(12)15-9)7-4-5-1-2-6(7)3-5/h1-2,5-7H,3-4H2,(H4,11,12,13,14,15). The minimum Gasteiger partial charge on any atom is -0.368 e. The van der Waals surface area contributed by atoms with E-state index in [1.807, 2.05) is 0 Å². The minimum atomic E-state index is 0.226. The molecule has 2 aliphatic rings. The van der Waals surface area contributed by atoms with Crippen LogP contribution in [0.25, 0.3) is 0 Å². The van der Waals surface area contributed by atoms with Crippen LogP contribution in [-0.2, 0) is 0 Å². The summed E-state index contributed by atoms with van der Waals surface area (Å²) in [5.41, 5.74) is 11.1. The number of fused-ring (bicyclic) bond motifs is 2. The summed E-state index contributed by atoms with van der Waals surface area (Å²) < 4.78 is 0. The second kappa shape index (κ2) is 2.92. The second-order valence-corrected chi connectivity index (χ2v) is 4.30. The average Bonchev–Trinajstić information content (AvgIpc) is 2.76. The highest BCUT2D eigenvalue weighted by molar-refractivity contribution is 5.29. The predicted octanol–water partition coefficient (Wildman–Crippen LogP) is 0.716. The molecule has 1 fully saturated rings. The summed E-state index contributed by atoms with van der Waals surface area (Å²) >= 11 is 0. The van der Waals surface area contributed by atoms with Gasteiger partial charge >= 0.3 is 0 Å². The van der Waals surface area contributed by atoms with Crippen LogP contribution in [0.15, 0.2) is 12.2 Å². The van der Waals surface area contributed by atoms with Crippen LogP contribution >= 0.6 is 0 Å². The number of aromatic nitrogens is 3. The first-order valence-corrected chi connectivity index (χ1v) is 5.17. The Morgan fingerprint density at radius 3 is 2.27 bits per heavy atom. The normalized spacial score (nSPS) is 32.4. The van der Waals surface area contributed by atoms with Crippen molar-refractivity contribution < 1.29 is 0 Å². The van der Waals surface area contributed by atoms with Gasteiger partial charge in [0.25, 0.3) is 0 Å². The van der Waals surface area contributed by atoms with Gasteiger partial charge < -0.3 is 11.5 Å². The van der Waals surface area contributed by atoms with Crippen LogP contribution in [0.1, 0.15) is 24.6 Å². The first-order chi connectivity index (χ1) is 7.22. The molecule has 0 aliphatic heterocycles. The third kappa shape index (κ3) is 1.35. The van der Waals surface area contributed by atoms with Gasteiger partial charge in [-0.25, -0.2) is 0 Å². The molecule has 1 aromatic heterocycles.